The lowest BCUT2D eigenvalue weighted by Gasteiger charge is -2.10. The quantitative estimate of drug-likeness (QED) is 0.767. The van der Waals surface area contributed by atoms with E-state index in [1.54, 1.807) is 24.3 Å². The van der Waals surface area contributed by atoms with E-state index >= 15 is 0 Å². The molecule has 0 aromatic carbocycles. The fourth-order valence-corrected chi connectivity index (χ4v) is 3.25. The first-order valence-corrected chi connectivity index (χ1v) is 6.51. The monoisotopic (exact) mass is 274 g/mol. The highest BCUT2D eigenvalue weighted by atomic mass is 14.8. The van der Waals surface area contributed by atoms with Crippen LogP contribution in [0.4, 0.5) is 0 Å². The zero-order valence-corrected chi connectivity index (χ0v) is 11.2. The largest absolute Gasteiger partial charge is 0.198 e. The molecule has 0 amide bonds. The van der Waals surface area contributed by atoms with Crippen LogP contribution in [-0.2, 0) is 0 Å². The van der Waals surface area contributed by atoms with Crippen molar-refractivity contribution in [1.82, 2.24) is 0 Å². The average Bonchev–Trinajstić information content (AvgIpc) is 3.40. The van der Waals surface area contributed by atoms with E-state index in [2.05, 4.69) is 6.07 Å². The molecule has 0 aliphatic heterocycles. The Labute approximate surface area is 122 Å². The molecule has 0 heterocycles. The molecule has 2 aliphatic rings. The first-order valence-electron chi connectivity index (χ1n) is 6.51. The molecule has 100 valence electrons. The Bertz CT molecular complexity index is 666. The van der Waals surface area contributed by atoms with Crippen molar-refractivity contribution in [1.29, 1.82) is 31.6 Å². The highest BCUT2D eigenvalue weighted by molar-refractivity contribution is 5.60. The van der Waals surface area contributed by atoms with Gasteiger partial charge in [0.15, 0.2) is 10.8 Å². The van der Waals surface area contributed by atoms with Crippen molar-refractivity contribution >= 4 is 0 Å². The third-order valence-electron chi connectivity index (χ3n) is 4.94. The molecule has 21 heavy (non-hydrogen) atoms. The van der Waals surface area contributed by atoms with Crippen molar-refractivity contribution in [2.24, 2.45) is 21.7 Å². The van der Waals surface area contributed by atoms with Gasteiger partial charge in [-0.3, -0.25) is 0 Å². The van der Waals surface area contributed by atoms with Gasteiger partial charge in [0, 0.05) is 0 Å². The summed E-state index contributed by atoms with van der Waals surface area (Å²) in [5.74, 6) is 0. The predicted octanol–water partition coefficient (Wildman–Crippen LogP) is 2.05. The fourth-order valence-electron chi connectivity index (χ4n) is 3.25. The molecule has 0 bridgehead atoms. The molecular formula is C15H10N6. The maximum Gasteiger partial charge on any atom is 0.198 e. The Morgan fingerprint density at radius 3 is 1.38 bits per heavy atom. The van der Waals surface area contributed by atoms with Gasteiger partial charge in [-0.15, -0.1) is 0 Å². The summed E-state index contributed by atoms with van der Waals surface area (Å²) in [6.07, 6.45) is 2.73. The first-order chi connectivity index (χ1) is 10.0. The zero-order valence-electron chi connectivity index (χ0n) is 11.2. The first kappa shape index (κ1) is 14.4. The van der Waals surface area contributed by atoms with Crippen LogP contribution in [0.5, 0.6) is 0 Å². The van der Waals surface area contributed by atoms with Crippen LogP contribution in [0.2, 0.25) is 0 Å². The predicted molar refractivity (Wildman–Crippen MR) is 66.5 cm³/mol. The average molecular weight is 274 g/mol. The Kier molecular flexibility index (Phi) is 2.88. The van der Waals surface area contributed by atoms with Gasteiger partial charge in [0.2, 0.25) is 0 Å². The molecule has 0 saturated heterocycles. The van der Waals surface area contributed by atoms with Gasteiger partial charge in [-0.1, -0.05) is 6.42 Å². The summed E-state index contributed by atoms with van der Waals surface area (Å²) in [5, 5.41) is 55.5. The van der Waals surface area contributed by atoms with Crippen LogP contribution in [0.15, 0.2) is 0 Å². The summed E-state index contributed by atoms with van der Waals surface area (Å²) in [6, 6.07) is 11.0. The highest BCUT2D eigenvalue weighted by Crippen LogP contribution is 2.79. The lowest BCUT2D eigenvalue weighted by Crippen LogP contribution is -2.11. The second-order valence-electron chi connectivity index (χ2n) is 5.71. The molecule has 2 saturated carbocycles. The standard InChI is InChI=1S/C15H10N6/c16-6-12(4-5-12)2-1-3-13(7-17)14(8-18,9-19)15(13,10-20)11-21/h1-5H2. The van der Waals surface area contributed by atoms with Crippen LogP contribution in [0.3, 0.4) is 0 Å². The summed E-state index contributed by atoms with van der Waals surface area (Å²) >= 11 is 0. The van der Waals surface area contributed by atoms with Crippen molar-refractivity contribution in [3.63, 3.8) is 0 Å². The van der Waals surface area contributed by atoms with E-state index in [0.29, 0.717) is 12.8 Å². The van der Waals surface area contributed by atoms with Gasteiger partial charge in [0.25, 0.3) is 0 Å². The molecule has 0 unspecified atom stereocenters. The second kappa shape index (κ2) is 4.22. The molecule has 6 nitrogen and oxygen atoms in total. The summed E-state index contributed by atoms with van der Waals surface area (Å²) in [4.78, 5) is 0. The molecule has 2 fully saturated rings. The molecule has 0 atom stereocenters. The number of nitrogens with zero attached hydrogens (tertiary/aromatic N) is 6. The minimum absolute atomic E-state index is 0.106. The number of hydrogen-bond acceptors (Lipinski definition) is 6. The Balaban J connectivity index is 2.28. The van der Waals surface area contributed by atoms with Crippen molar-refractivity contribution in [3.05, 3.63) is 0 Å². The number of rotatable bonds is 4. The van der Waals surface area contributed by atoms with Gasteiger partial charge in [-0.2, -0.15) is 31.6 Å². The normalized spacial score (nSPS) is 23.7. The third kappa shape index (κ3) is 1.35. The molecule has 0 radical (unpaired) electrons. The van der Waals surface area contributed by atoms with E-state index in [4.69, 9.17) is 5.26 Å². The lowest BCUT2D eigenvalue weighted by molar-refractivity contribution is 0.439. The van der Waals surface area contributed by atoms with Crippen molar-refractivity contribution < 1.29 is 0 Å². The Hall–Kier alpha value is -3.06. The Morgan fingerprint density at radius 1 is 0.619 bits per heavy atom. The fraction of sp³-hybridized carbons (Fsp3) is 0.600. The van der Waals surface area contributed by atoms with Gasteiger partial charge in [0.05, 0.1) is 41.8 Å². The Morgan fingerprint density at radius 2 is 1.10 bits per heavy atom. The van der Waals surface area contributed by atoms with Gasteiger partial charge >= 0.3 is 0 Å². The summed E-state index contributed by atoms with van der Waals surface area (Å²) in [7, 11) is 0. The minimum atomic E-state index is -1.90. The zero-order chi connectivity index (χ0) is 15.8. The van der Waals surface area contributed by atoms with E-state index < -0.39 is 16.2 Å². The van der Waals surface area contributed by atoms with Crippen molar-refractivity contribution in [2.45, 2.75) is 32.1 Å². The molecule has 2 aliphatic carbocycles. The van der Waals surface area contributed by atoms with Crippen LogP contribution < -0.4 is 0 Å². The van der Waals surface area contributed by atoms with E-state index in [9.17, 15) is 26.3 Å². The van der Waals surface area contributed by atoms with Gasteiger partial charge in [0.1, 0.15) is 5.41 Å². The summed E-state index contributed by atoms with van der Waals surface area (Å²) in [5.41, 5.74) is -5.74. The van der Waals surface area contributed by atoms with Crippen LogP contribution >= 0.6 is 0 Å². The highest BCUT2D eigenvalue weighted by Gasteiger charge is 2.92. The number of nitriles is 6. The minimum Gasteiger partial charge on any atom is -0.198 e. The topological polar surface area (TPSA) is 143 Å². The van der Waals surface area contributed by atoms with E-state index in [0.717, 1.165) is 12.8 Å². The van der Waals surface area contributed by atoms with Crippen molar-refractivity contribution in [3.8, 4) is 36.4 Å². The summed E-state index contributed by atoms with van der Waals surface area (Å²) < 4.78 is 0. The van der Waals surface area contributed by atoms with E-state index in [-0.39, 0.29) is 11.8 Å². The van der Waals surface area contributed by atoms with Crippen LogP contribution in [0.1, 0.15) is 32.1 Å². The second-order valence-corrected chi connectivity index (χ2v) is 5.71. The maximum atomic E-state index is 9.44. The van der Waals surface area contributed by atoms with Crippen molar-refractivity contribution in [2.75, 3.05) is 0 Å². The van der Waals surface area contributed by atoms with Crippen LogP contribution in [0, 0.1) is 89.6 Å². The summed E-state index contributed by atoms with van der Waals surface area (Å²) in [6.45, 7) is 0. The number of hydrogen-bond donors (Lipinski definition) is 0. The third-order valence-corrected chi connectivity index (χ3v) is 4.94. The molecule has 0 aromatic heterocycles. The van der Waals surface area contributed by atoms with E-state index in [1.165, 1.54) is 0 Å². The van der Waals surface area contributed by atoms with E-state index in [1.807, 2.05) is 6.07 Å². The maximum absolute atomic E-state index is 9.44. The molecule has 2 rings (SSSR count). The molecule has 6 heteroatoms. The smallest absolute Gasteiger partial charge is 0.198 e. The lowest BCUT2D eigenvalue weighted by atomic mass is 9.87. The van der Waals surface area contributed by atoms with Gasteiger partial charge in [-0.25, -0.2) is 0 Å². The molecule has 0 spiro atoms. The SMILES string of the molecule is N#CC1(CCCC2(C#N)C(C#N)(C#N)C2(C#N)C#N)CC1. The van der Waals surface area contributed by atoms with Gasteiger partial charge in [-0.05, 0) is 25.7 Å². The van der Waals surface area contributed by atoms with Gasteiger partial charge < -0.3 is 0 Å². The van der Waals surface area contributed by atoms with Crippen LogP contribution in [0.25, 0.3) is 0 Å². The molecule has 0 N–H and O–H groups in total. The molecule has 0 aromatic rings. The molecular weight excluding hydrogens is 264 g/mol. The van der Waals surface area contributed by atoms with Crippen LogP contribution in [-0.4, -0.2) is 0 Å².